The van der Waals surface area contributed by atoms with E-state index in [0.717, 1.165) is 44.7 Å². The van der Waals surface area contributed by atoms with Crippen molar-refractivity contribution >= 4 is 72.4 Å². The second kappa shape index (κ2) is 15.1. The highest BCUT2D eigenvalue weighted by molar-refractivity contribution is 7.20. The Hall–Kier alpha value is -8.12. The van der Waals surface area contributed by atoms with Crippen LogP contribution in [0.25, 0.3) is 77.8 Å². The maximum atomic E-state index is 5.45. The quantitative estimate of drug-likeness (QED) is 0.113. The van der Waals surface area contributed by atoms with E-state index < -0.39 is 8.07 Å². The third kappa shape index (κ3) is 5.89. The molecule has 0 fully saturated rings. The first-order valence-corrected chi connectivity index (χ1v) is 23.5. The normalized spacial score (nSPS) is 11.8. The molecule has 0 aliphatic rings. The van der Waals surface area contributed by atoms with E-state index in [1.165, 1.54) is 47.9 Å². The lowest BCUT2D eigenvalue weighted by Crippen LogP contribution is -2.75. The van der Waals surface area contributed by atoms with Gasteiger partial charge in [-0.2, -0.15) is 4.98 Å². The number of fused-ring (bicyclic) bond motifs is 6. The Morgan fingerprint density at radius 2 is 0.698 bits per heavy atom. The molecule has 0 amide bonds. The van der Waals surface area contributed by atoms with Gasteiger partial charge in [0.1, 0.15) is 5.82 Å². The van der Waals surface area contributed by atoms with Gasteiger partial charge in [0.2, 0.25) is 5.95 Å². The Morgan fingerprint density at radius 1 is 0.317 bits per heavy atom. The van der Waals surface area contributed by atoms with Crippen molar-refractivity contribution in [2.24, 2.45) is 0 Å². The Morgan fingerprint density at radius 3 is 1.17 bits per heavy atom. The van der Waals surface area contributed by atoms with E-state index in [2.05, 4.69) is 252 Å². The molecule has 3 heterocycles. The van der Waals surface area contributed by atoms with E-state index in [1.807, 2.05) is 0 Å². The second-order valence-electron chi connectivity index (χ2n) is 16.1. The molecule has 5 heteroatoms. The first-order valence-electron chi connectivity index (χ1n) is 21.5. The van der Waals surface area contributed by atoms with E-state index in [0.29, 0.717) is 5.95 Å². The largest absolute Gasteiger partial charge is 0.294 e. The van der Waals surface area contributed by atoms with Gasteiger partial charge >= 0.3 is 0 Å². The van der Waals surface area contributed by atoms with Crippen LogP contribution in [0.4, 0.5) is 0 Å². The van der Waals surface area contributed by atoms with Crippen LogP contribution in [0.1, 0.15) is 0 Å². The zero-order chi connectivity index (χ0) is 41.7. The van der Waals surface area contributed by atoms with Crippen LogP contribution in [0.15, 0.2) is 243 Å². The number of hydrogen-bond acceptors (Lipinski definition) is 2. The minimum absolute atomic E-state index is 0.626. The third-order valence-electron chi connectivity index (χ3n) is 12.7. The zero-order valence-corrected chi connectivity index (χ0v) is 35.4. The van der Waals surface area contributed by atoms with Gasteiger partial charge in [-0.15, -0.1) is 0 Å². The van der Waals surface area contributed by atoms with E-state index in [-0.39, 0.29) is 0 Å². The lowest BCUT2D eigenvalue weighted by atomic mass is 10.0. The maximum absolute atomic E-state index is 5.45. The summed E-state index contributed by atoms with van der Waals surface area (Å²) in [5, 5.41) is 10.1. The summed E-state index contributed by atoms with van der Waals surface area (Å²) in [6, 6.07) is 87.9. The van der Waals surface area contributed by atoms with Crippen LogP contribution >= 0.6 is 0 Å². The molecular weight excluding hydrogens is 781 g/mol. The number of rotatable bonds is 8. The number of hydrogen-bond donors (Lipinski definition) is 0. The fraction of sp³-hybridized carbons (Fsp3) is 0. The molecule has 0 saturated heterocycles. The summed E-state index contributed by atoms with van der Waals surface area (Å²) in [4.78, 5) is 10.9. The maximum Gasteiger partial charge on any atom is 0.237 e. The lowest BCUT2D eigenvalue weighted by molar-refractivity contribution is 0.952. The fourth-order valence-corrected chi connectivity index (χ4v) is 15.0. The molecule has 0 spiro atoms. The van der Waals surface area contributed by atoms with Gasteiger partial charge in [0, 0.05) is 33.2 Å². The first kappa shape index (κ1) is 36.7. The number of aromatic nitrogens is 4. The van der Waals surface area contributed by atoms with Gasteiger partial charge in [0.15, 0.2) is 8.07 Å². The minimum Gasteiger partial charge on any atom is -0.294 e. The molecule has 0 aliphatic heterocycles. The molecule has 0 saturated carbocycles. The van der Waals surface area contributed by atoms with Crippen molar-refractivity contribution in [2.75, 3.05) is 0 Å². The molecule has 0 aliphatic carbocycles. The predicted octanol–water partition coefficient (Wildman–Crippen LogP) is 11.4. The lowest BCUT2D eigenvalue weighted by Gasteiger charge is -2.36. The standard InChI is InChI=1S/C58H40N4Si/c1-4-20-43(21-5-1)63(44-22-6-2-7-23-44,45-24-8-3-9-25-45)56-35-19-14-26-46(56)41-36-38-42(39-37-41)51-40-57(61-52-31-15-10-27-47(52)48-28-11-16-32-53(48)61)60-58(59-51)62-54-33-17-12-29-49(54)50-30-13-18-34-55(50)62/h1-40H. The van der Waals surface area contributed by atoms with Crippen molar-refractivity contribution in [3.8, 4) is 34.2 Å². The molecular formula is C58H40N4Si. The molecule has 12 rings (SSSR count). The molecule has 296 valence electrons. The summed E-state index contributed by atoms with van der Waals surface area (Å²) in [5.74, 6) is 1.44. The summed E-state index contributed by atoms with van der Waals surface area (Å²) in [7, 11) is -2.80. The number of benzene rings is 9. The van der Waals surface area contributed by atoms with Crippen molar-refractivity contribution in [1.82, 2.24) is 19.1 Å². The highest BCUT2D eigenvalue weighted by Crippen LogP contribution is 2.36. The molecule has 4 nitrogen and oxygen atoms in total. The van der Waals surface area contributed by atoms with Crippen molar-refractivity contribution in [1.29, 1.82) is 0 Å². The first-order chi connectivity index (χ1) is 31.3. The van der Waals surface area contributed by atoms with E-state index >= 15 is 0 Å². The Balaban J connectivity index is 1.07. The van der Waals surface area contributed by atoms with Crippen LogP contribution in [0.5, 0.6) is 0 Å². The molecule has 63 heavy (non-hydrogen) atoms. The molecule has 9 aromatic carbocycles. The Labute approximate surface area is 366 Å². The van der Waals surface area contributed by atoms with Crippen LogP contribution in [0.2, 0.25) is 0 Å². The molecule has 3 aromatic heterocycles. The van der Waals surface area contributed by atoms with E-state index in [9.17, 15) is 0 Å². The molecule has 0 N–H and O–H groups in total. The SMILES string of the molecule is c1ccc([Si](c2ccccc2)(c2ccccc2)c2ccccc2-c2ccc(-c3cc(-n4c5ccccc5c5ccccc54)nc(-n4c5ccccc5c5ccccc54)n3)cc2)cc1. The monoisotopic (exact) mass is 820 g/mol. The van der Waals surface area contributed by atoms with Crippen LogP contribution < -0.4 is 20.7 Å². The van der Waals surface area contributed by atoms with Gasteiger partial charge in [0.25, 0.3) is 0 Å². The second-order valence-corrected chi connectivity index (χ2v) is 19.9. The summed E-state index contributed by atoms with van der Waals surface area (Å²) in [6.07, 6.45) is 0. The fourth-order valence-electron chi connectivity index (χ4n) is 10.0. The summed E-state index contributed by atoms with van der Waals surface area (Å²) >= 11 is 0. The highest BCUT2D eigenvalue weighted by atomic mass is 28.3. The molecule has 0 unspecified atom stereocenters. The molecule has 0 bridgehead atoms. The average Bonchev–Trinajstić information content (AvgIpc) is 3.89. The summed E-state index contributed by atoms with van der Waals surface area (Å²) in [6.45, 7) is 0. The van der Waals surface area contributed by atoms with Gasteiger partial charge in [-0.25, -0.2) is 4.98 Å². The smallest absolute Gasteiger partial charge is 0.237 e. The van der Waals surface area contributed by atoms with Crippen molar-refractivity contribution in [2.45, 2.75) is 0 Å². The van der Waals surface area contributed by atoms with Gasteiger partial charge < -0.3 is 0 Å². The molecule has 12 aromatic rings. The topological polar surface area (TPSA) is 35.6 Å². The highest BCUT2D eigenvalue weighted by Gasteiger charge is 2.42. The number of para-hydroxylation sites is 4. The minimum atomic E-state index is -2.80. The van der Waals surface area contributed by atoms with Gasteiger partial charge in [0.05, 0.1) is 27.8 Å². The molecule has 0 radical (unpaired) electrons. The Bertz CT molecular complexity index is 3280. The van der Waals surface area contributed by atoms with Gasteiger partial charge in [-0.1, -0.05) is 212 Å². The van der Waals surface area contributed by atoms with Crippen molar-refractivity contribution < 1.29 is 0 Å². The van der Waals surface area contributed by atoms with Crippen LogP contribution in [-0.2, 0) is 0 Å². The van der Waals surface area contributed by atoms with Gasteiger partial charge in [-0.05, 0) is 56.1 Å². The number of nitrogens with zero attached hydrogens (tertiary/aromatic N) is 4. The van der Waals surface area contributed by atoms with Gasteiger partial charge in [-0.3, -0.25) is 9.13 Å². The predicted molar refractivity (Wildman–Crippen MR) is 265 cm³/mol. The van der Waals surface area contributed by atoms with Crippen LogP contribution in [0.3, 0.4) is 0 Å². The van der Waals surface area contributed by atoms with Crippen LogP contribution in [0, 0.1) is 0 Å². The summed E-state index contributed by atoms with van der Waals surface area (Å²) < 4.78 is 4.51. The van der Waals surface area contributed by atoms with Crippen molar-refractivity contribution in [3.63, 3.8) is 0 Å². The van der Waals surface area contributed by atoms with Crippen LogP contribution in [-0.4, -0.2) is 27.2 Å². The summed E-state index contributed by atoms with van der Waals surface area (Å²) in [5.41, 5.74) is 8.59. The zero-order valence-electron chi connectivity index (χ0n) is 34.4. The average molecular weight is 821 g/mol. The molecule has 0 atom stereocenters. The van der Waals surface area contributed by atoms with Crippen molar-refractivity contribution in [3.05, 3.63) is 243 Å². The van der Waals surface area contributed by atoms with E-state index in [4.69, 9.17) is 9.97 Å². The van der Waals surface area contributed by atoms with E-state index in [1.54, 1.807) is 0 Å². The third-order valence-corrected chi connectivity index (χ3v) is 17.6. The Kier molecular flexibility index (Phi) is 8.80.